The molecule has 19 heavy (non-hydrogen) atoms. The van der Waals surface area contributed by atoms with Crippen molar-refractivity contribution in [3.8, 4) is 0 Å². The van der Waals surface area contributed by atoms with Gasteiger partial charge in [0.25, 0.3) is 5.91 Å². The van der Waals surface area contributed by atoms with Crippen LogP contribution in [0.3, 0.4) is 0 Å². The molecule has 1 saturated heterocycles. The number of amides is 3. The summed E-state index contributed by atoms with van der Waals surface area (Å²) >= 11 is 0. The van der Waals surface area contributed by atoms with Gasteiger partial charge < -0.3 is 4.90 Å². The summed E-state index contributed by atoms with van der Waals surface area (Å²) in [6.07, 6.45) is -0.132. The Morgan fingerprint density at radius 3 is 2.58 bits per heavy atom. The number of hydrogen-bond acceptors (Lipinski definition) is 3. The number of ketones is 1. The lowest BCUT2D eigenvalue weighted by Gasteiger charge is -2.13. The molecule has 0 atom stereocenters. The first-order chi connectivity index (χ1) is 8.99. The van der Waals surface area contributed by atoms with Crippen LogP contribution in [0.4, 0.5) is 9.18 Å². The number of nitrogens with zero attached hydrogens (tertiary/aromatic N) is 2. The quantitative estimate of drug-likeness (QED) is 0.757. The average molecular weight is 264 g/mol. The van der Waals surface area contributed by atoms with Crippen LogP contribution in [-0.4, -0.2) is 47.7 Å². The summed E-state index contributed by atoms with van der Waals surface area (Å²) in [5, 5.41) is 0. The lowest BCUT2D eigenvalue weighted by molar-refractivity contribution is -0.129. The second kappa shape index (κ2) is 5.17. The van der Waals surface area contributed by atoms with Crippen molar-refractivity contribution in [1.29, 1.82) is 0 Å². The van der Waals surface area contributed by atoms with Crippen molar-refractivity contribution in [2.75, 3.05) is 20.1 Å². The van der Waals surface area contributed by atoms with Gasteiger partial charge >= 0.3 is 6.03 Å². The van der Waals surface area contributed by atoms with Crippen LogP contribution < -0.4 is 0 Å². The summed E-state index contributed by atoms with van der Waals surface area (Å²) in [6, 6.07) is 5.44. The van der Waals surface area contributed by atoms with Crippen LogP contribution in [-0.2, 0) is 16.0 Å². The molecule has 3 amide bonds. The number of imide groups is 1. The standard InChI is InChI=1S/C13H13FN2O3/c1-15-8-12(18)16(13(15)19)7-10(17)6-9-4-2-3-5-11(9)14/h2-5H,6-8H2,1H3. The Morgan fingerprint density at radius 1 is 1.32 bits per heavy atom. The molecule has 1 aromatic carbocycles. The fraction of sp³-hybridized carbons (Fsp3) is 0.308. The number of likely N-dealkylation sites (N-methyl/N-ethyl adjacent to an activating group) is 1. The molecule has 100 valence electrons. The molecule has 1 aromatic rings. The first-order valence-electron chi connectivity index (χ1n) is 5.79. The lowest BCUT2D eigenvalue weighted by Crippen LogP contribution is -2.36. The number of urea groups is 1. The van der Waals surface area contributed by atoms with E-state index in [4.69, 9.17) is 0 Å². The molecule has 0 spiro atoms. The van der Waals surface area contributed by atoms with E-state index in [2.05, 4.69) is 0 Å². The van der Waals surface area contributed by atoms with Crippen LogP contribution in [0.1, 0.15) is 5.56 Å². The van der Waals surface area contributed by atoms with E-state index >= 15 is 0 Å². The van der Waals surface area contributed by atoms with Crippen molar-refractivity contribution in [2.45, 2.75) is 6.42 Å². The normalized spacial score (nSPS) is 15.3. The summed E-state index contributed by atoms with van der Waals surface area (Å²) in [7, 11) is 1.49. The average Bonchev–Trinajstić information content (AvgIpc) is 2.59. The summed E-state index contributed by atoms with van der Waals surface area (Å²) < 4.78 is 13.4. The second-order valence-corrected chi connectivity index (χ2v) is 4.43. The van der Waals surface area contributed by atoms with Crippen molar-refractivity contribution >= 4 is 17.7 Å². The number of benzene rings is 1. The molecule has 0 unspecified atom stereocenters. The number of hydrogen-bond donors (Lipinski definition) is 0. The Labute approximate surface area is 109 Å². The maximum absolute atomic E-state index is 13.4. The number of rotatable bonds is 4. The Morgan fingerprint density at radius 2 is 2.00 bits per heavy atom. The fourth-order valence-electron chi connectivity index (χ4n) is 1.91. The molecule has 1 aliphatic rings. The van der Waals surface area contributed by atoms with E-state index in [1.807, 2.05) is 0 Å². The van der Waals surface area contributed by atoms with Gasteiger partial charge in [0.05, 0.1) is 6.54 Å². The largest absolute Gasteiger partial charge is 0.327 e. The Bertz CT molecular complexity index is 544. The minimum absolute atomic E-state index is 0.0220. The summed E-state index contributed by atoms with van der Waals surface area (Å²) in [4.78, 5) is 37.0. The summed E-state index contributed by atoms with van der Waals surface area (Å²) in [6.45, 7) is -0.331. The van der Waals surface area contributed by atoms with E-state index in [1.54, 1.807) is 6.07 Å². The third-order valence-electron chi connectivity index (χ3n) is 2.91. The minimum Gasteiger partial charge on any atom is -0.318 e. The lowest BCUT2D eigenvalue weighted by atomic mass is 10.1. The van der Waals surface area contributed by atoms with Gasteiger partial charge in [-0.15, -0.1) is 0 Å². The topological polar surface area (TPSA) is 57.7 Å². The van der Waals surface area contributed by atoms with E-state index in [0.29, 0.717) is 0 Å². The van der Waals surface area contributed by atoms with Crippen molar-refractivity contribution in [1.82, 2.24) is 9.80 Å². The minimum atomic E-state index is -0.494. The molecule has 0 radical (unpaired) electrons. The van der Waals surface area contributed by atoms with E-state index in [1.165, 1.54) is 30.1 Å². The van der Waals surface area contributed by atoms with Gasteiger partial charge in [0.15, 0.2) is 5.78 Å². The molecule has 1 fully saturated rings. The van der Waals surface area contributed by atoms with Crippen LogP contribution in [0.25, 0.3) is 0 Å². The predicted molar refractivity (Wildman–Crippen MR) is 64.9 cm³/mol. The second-order valence-electron chi connectivity index (χ2n) is 4.43. The molecular weight excluding hydrogens is 251 g/mol. The van der Waals surface area contributed by atoms with Crippen LogP contribution in [0.2, 0.25) is 0 Å². The highest BCUT2D eigenvalue weighted by molar-refractivity contribution is 6.04. The third-order valence-corrected chi connectivity index (χ3v) is 2.91. The zero-order valence-electron chi connectivity index (χ0n) is 10.4. The van der Waals surface area contributed by atoms with Crippen molar-refractivity contribution < 1.29 is 18.8 Å². The maximum atomic E-state index is 13.4. The highest BCUT2D eigenvalue weighted by Gasteiger charge is 2.34. The smallest absolute Gasteiger partial charge is 0.318 e. The molecular formula is C13H13FN2O3. The Kier molecular flexibility index (Phi) is 3.59. The van der Waals surface area contributed by atoms with E-state index in [-0.39, 0.29) is 30.9 Å². The zero-order valence-corrected chi connectivity index (χ0v) is 10.4. The van der Waals surface area contributed by atoms with Gasteiger partial charge in [0.2, 0.25) is 0 Å². The molecule has 6 heteroatoms. The van der Waals surface area contributed by atoms with Crippen molar-refractivity contribution in [2.24, 2.45) is 0 Å². The third kappa shape index (κ3) is 2.78. The van der Waals surface area contributed by atoms with Gasteiger partial charge in [-0.2, -0.15) is 0 Å². The zero-order chi connectivity index (χ0) is 14.0. The first kappa shape index (κ1) is 13.2. The molecule has 0 aliphatic carbocycles. The van der Waals surface area contributed by atoms with Crippen LogP contribution in [0.15, 0.2) is 24.3 Å². The molecule has 1 aliphatic heterocycles. The van der Waals surface area contributed by atoms with Gasteiger partial charge in [0.1, 0.15) is 12.4 Å². The molecule has 0 bridgehead atoms. The number of halogens is 1. The van der Waals surface area contributed by atoms with Gasteiger partial charge in [-0.05, 0) is 11.6 Å². The van der Waals surface area contributed by atoms with Gasteiger partial charge in [-0.25, -0.2) is 9.18 Å². The molecule has 0 saturated carbocycles. The van der Waals surface area contributed by atoms with E-state index in [9.17, 15) is 18.8 Å². The molecule has 2 rings (SSSR count). The molecule has 0 N–H and O–H groups in total. The Hall–Kier alpha value is -2.24. The van der Waals surface area contributed by atoms with Crippen molar-refractivity contribution in [3.63, 3.8) is 0 Å². The monoisotopic (exact) mass is 264 g/mol. The predicted octanol–water partition coefficient (Wildman–Crippen LogP) is 0.831. The fourth-order valence-corrected chi connectivity index (χ4v) is 1.91. The van der Waals surface area contributed by atoms with Crippen molar-refractivity contribution in [3.05, 3.63) is 35.6 Å². The molecule has 0 aromatic heterocycles. The summed E-state index contributed by atoms with van der Waals surface area (Å²) in [5.41, 5.74) is 0.264. The van der Waals surface area contributed by atoms with E-state index < -0.39 is 17.8 Å². The van der Waals surface area contributed by atoms with Gasteiger partial charge in [-0.1, -0.05) is 18.2 Å². The number of carbonyl (C=O) groups is 3. The maximum Gasteiger partial charge on any atom is 0.327 e. The SMILES string of the molecule is CN1CC(=O)N(CC(=O)Cc2ccccc2F)C1=O. The van der Waals surface area contributed by atoms with Crippen LogP contribution >= 0.6 is 0 Å². The van der Waals surface area contributed by atoms with Crippen LogP contribution in [0, 0.1) is 5.82 Å². The van der Waals surface area contributed by atoms with Gasteiger partial charge in [-0.3, -0.25) is 14.5 Å². The number of carbonyl (C=O) groups excluding carboxylic acids is 3. The number of Topliss-reactive ketones (excluding diaryl/α,β-unsaturated/α-hetero) is 1. The first-order valence-corrected chi connectivity index (χ1v) is 5.79. The Balaban J connectivity index is 2.01. The van der Waals surface area contributed by atoms with Gasteiger partial charge in [0, 0.05) is 13.5 Å². The molecule has 5 nitrogen and oxygen atoms in total. The molecule has 1 heterocycles. The highest BCUT2D eigenvalue weighted by Crippen LogP contribution is 2.11. The van der Waals surface area contributed by atoms with E-state index in [0.717, 1.165) is 4.90 Å². The van der Waals surface area contributed by atoms with Crippen LogP contribution in [0.5, 0.6) is 0 Å². The highest BCUT2D eigenvalue weighted by atomic mass is 19.1. The summed E-state index contributed by atoms with van der Waals surface area (Å²) in [5.74, 6) is -1.25.